The van der Waals surface area contributed by atoms with Gasteiger partial charge in [0, 0.05) is 43.4 Å². The zero-order chi connectivity index (χ0) is 23.7. The van der Waals surface area contributed by atoms with Gasteiger partial charge in [0.05, 0.1) is 27.9 Å². The summed E-state index contributed by atoms with van der Waals surface area (Å²) in [6.07, 6.45) is -4.78. The van der Waals surface area contributed by atoms with Crippen molar-refractivity contribution in [2.45, 2.75) is 30.8 Å². The number of likely N-dealkylation sites (tertiary alicyclic amines) is 1. The van der Waals surface area contributed by atoms with Gasteiger partial charge in [0.15, 0.2) is 5.67 Å². The van der Waals surface area contributed by atoms with Crippen molar-refractivity contribution in [1.82, 2.24) is 9.88 Å². The van der Waals surface area contributed by atoms with Crippen LogP contribution in [0.15, 0.2) is 30.5 Å². The number of rotatable bonds is 4. The fraction of sp³-hybridized carbons (Fsp3) is 0.400. The van der Waals surface area contributed by atoms with Crippen molar-refractivity contribution in [2.24, 2.45) is 0 Å². The molecule has 2 amide bonds. The average molecular weight is 496 g/mol. The molecule has 1 saturated heterocycles. The van der Waals surface area contributed by atoms with E-state index in [-0.39, 0.29) is 47.9 Å². The van der Waals surface area contributed by atoms with E-state index in [2.05, 4.69) is 10.3 Å². The Morgan fingerprint density at radius 3 is 2.41 bits per heavy atom. The highest BCUT2D eigenvalue weighted by Gasteiger charge is 2.40. The van der Waals surface area contributed by atoms with E-state index < -0.39 is 41.2 Å². The molecule has 1 aromatic carbocycles. The highest BCUT2D eigenvalue weighted by Crippen LogP contribution is 2.40. The molecule has 0 saturated carbocycles. The second-order valence-electron chi connectivity index (χ2n) is 7.37. The van der Waals surface area contributed by atoms with Crippen LogP contribution in [0.3, 0.4) is 0 Å². The summed E-state index contributed by atoms with van der Waals surface area (Å²) in [6, 6.07) is 3.58. The third-order valence-corrected chi connectivity index (χ3v) is 5.81. The van der Waals surface area contributed by atoms with Crippen molar-refractivity contribution >= 4 is 34.9 Å². The fourth-order valence-electron chi connectivity index (χ4n) is 3.40. The highest BCUT2D eigenvalue weighted by molar-refractivity contribution is 6.32. The SMILES string of the molecule is O=C(Nc1ccc(C(F)(F)F)c(Cl)c1)N1CCC(F)(c2ncc([C@H](O)CO)cc2Cl)CC1. The maximum atomic E-state index is 15.5. The van der Waals surface area contributed by atoms with Gasteiger partial charge in [-0.1, -0.05) is 23.2 Å². The summed E-state index contributed by atoms with van der Waals surface area (Å²) in [4.78, 5) is 17.8. The van der Waals surface area contributed by atoms with Gasteiger partial charge in [-0.3, -0.25) is 4.98 Å². The zero-order valence-corrected chi connectivity index (χ0v) is 18.0. The highest BCUT2D eigenvalue weighted by atomic mass is 35.5. The molecule has 174 valence electrons. The molecule has 32 heavy (non-hydrogen) atoms. The molecule has 3 rings (SSSR count). The number of carbonyl (C=O) groups excluding carboxylic acids is 1. The maximum absolute atomic E-state index is 15.5. The largest absolute Gasteiger partial charge is 0.417 e. The molecule has 1 aliphatic heterocycles. The van der Waals surface area contributed by atoms with Gasteiger partial charge in [-0.15, -0.1) is 0 Å². The van der Waals surface area contributed by atoms with Gasteiger partial charge >= 0.3 is 12.2 Å². The predicted molar refractivity (Wildman–Crippen MR) is 110 cm³/mol. The molecule has 1 fully saturated rings. The minimum Gasteiger partial charge on any atom is -0.393 e. The van der Waals surface area contributed by atoms with Crippen molar-refractivity contribution in [3.8, 4) is 0 Å². The molecule has 3 N–H and O–H groups in total. The van der Waals surface area contributed by atoms with Crippen LogP contribution < -0.4 is 5.32 Å². The van der Waals surface area contributed by atoms with Gasteiger partial charge in [-0.2, -0.15) is 13.2 Å². The Bertz CT molecular complexity index is 999. The van der Waals surface area contributed by atoms with Gasteiger partial charge in [-0.25, -0.2) is 9.18 Å². The lowest BCUT2D eigenvalue weighted by Gasteiger charge is -2.36. The summed E-state index contributed by atoms with van der Waals surface area (Å²) in [5.41, 5.74) is -2.62. The number of carbonyl (C=O) groups is 1. The van der Waals surface area contributed by atoms with Crippen molar-refractivity contribution < 1.29 is 32.6 Å². The summed E-state index contributed by atoms with van der Waals surface area (Å²) < 4.78 is 53.9. The summed E-state index contributed by atoms with van der Waals surface area (Å²) in [6.45, 7) is -0.516. The smallest absolute Gasteiger partial charge is 0.393 e. The van der Waals surface area contributed by atoms with Gasteiger partial charge in [-0.05, 0) is 24.3 Å². The second-order valence-corrected chi connectivity index (χ2v) is 8.19. The van der Waals surface area contributed by atoms with Crippen LogP contribution in [0.1, 0.15) is 35.8 Å². The molecule has 6 nitrogen and oxygen atoms in total. The van der Waals surface area contributed by atoms with Crippen molar-refractivity contribution in [2.75, 3.05) is 25.0 Å². The second kappa shape index (κ2) is 9.38. The molecule has 2 heterocycles. The quantitative estimate of drug-likeness (QED) is 0.525. The van der Waals surface area contributed by atoms with Crippen LogP contribution in [0.25, 0.3) is 0 Å². The summed E-state index contributed by atoms with van der Waals surface area (Å²) in [5.74, 6) is 0. The van der Waals surface area contributed by atoms with Crippen LogP contribution in [0.4, 0.5) is 28.0 Å². The minimum absolute atomic E-state index is 0.00482. The lowest BCUT2D eigenvalue weighted by Crippen LogP contribution is -2.45. The van der Waals surface area contributed by atoms with E-state index in [4.69, 9.17) is 28.3 Å². The molecule has 1 aliphatic rings. The number of hydrogen-bond donors (Lipinski definition) is 3. The third-order valence-electron chi connectivity index (χ3n) is 5.21. The lowest BCUT2D eigenvalue weighted by atomic mass is 9.89. The predicted octanol–water partition coefficient (Wildman–Crippen LogP) is 4.93. The number of aromatic nitrogens is 1. The van der Waals surface area contributed by atoms with Crippen molar-refractivity contribution in [3.63, 3.8) is 0 Å². The van der Waals surface area contributed by atoms with Crippen LogP contribution in [0.2, 0.25) is 10.0 Å². The molecular weight excluding hydrogens is 477 g/mol. The average Bonchev–Trinajstić information content (AvgIpc) is 2.72. The molecule has 0 radical (unpaired) electrons. The molecule has 0 unspecified atom stereocenters. The Hall–Kier alpha value is -2.14. The third kappa shape index (κ3) is 5.25. The van der Waals surface area contributed by atoms with E-state index in [1.807, 2.05) is 0 Å². The number of aliphatic hydroxyl groups excluding tert-OH is 2. The van der Waals surface area contributed by atoms with Crippen molar-refractivity contribution in [3.05, 3.63) is 57.3 Å². The Labute approximate surface area is 190 Å². The van der Waals surface area contributed by atoms with E-state index in [9.17, 15) is 23.1 Å². The first-order valence-corrected chi connectivity index (χ1v) is 10.3. The molecular formula is C20H19Cl2F4N3O3. The molecule has 0 aliphatic carbocycles. The number of nitrogens with zero attached hydrogens (tertiary/aromatic N) is 2. The Balaban J connectivity index is 1.65. The zero-order valence-electron chi connectivity index (χ0n) is 16.5. The number of alkyl halides is 4. The van der Waals surface area contributed by atoms with E-state index in [1.165, 1.54) is 17.2 Å². The van der Waals surface area contributed by atoms with E-state index in [0.717, 1.165) is 18.2 Å². The Kier molecular flexibility index (Phi) is 7.18. The molecule has 12 heteroatoms. The summed E-state index contributed by atoms with van der Waals surface area (Å²) in [7, 11) is 0. The van der Waals surface area contributed by atoms with Crippen molar-refractivity contribution in [1.29, 1.82) is 0 Å². The number of halogens is 6. The number of piperidine rings is 1. The maximum Gasteiger partial charge on any atom is 0.417 e. The Morgan fingerprint density at radius 2 is 1.88 bits per heavy atom. The first kappa shape index (κ1) is 24.5. The normalized spacial score (nSPS) is 17.2. The van der Waals surface area contributed by atoms with E-state index >= 15 is 4.39 Å². The minimum atomic E-state index is -4.61. The van der Waals surface area contributed by atoms with Crippen LogP contribution >= 0.6 is 23.2 Å². The molecule has 1 aromatic heterocycles. The summed E-state index contributed by atoms with van der Waals surface area (Å²) in [5, 5.41) is 20.6. The molecule has 0 bridgehead atoms. The molecule has 1 atom stereocenters. The number of hydrogen-bond acceptors (Lipinski definition) is 4. The van der Waals surface area contributed by atoms with Gasteiger partial charge in [0.2, 0.25) is 0 Å². The van der Waals surface area contributed by atoms with E-state index in [0.29, 0.717) is 0 Å². The number of nitrogens with one attached hydrogen (secondary N) is 1. The first-order chi connectivity index (χ1) is 14.9. The monoisotopic (exact) mass is 495 g/mol. The van der Waals surface area contributed by atoms with Crippen LogP contribution in [-0.4, -0.2) is 45.8 Å². The number of pyridine rings is 1. The van der Waals surface area contributed by atoms with Gasteiger partial charge < -0.3 is 20.4 Å². The number of amides is 2. The summed E-state index contributed by atoms with van der Waals surface area (Å²) >= 11 is 11.8. The molecule has 2 aromatic rings. The van der Waals surface area contributed by atoms with E-state index in [1.54, 1.807) is 0 Å². The standard InChI is InChI=1S/C20H19Cl2F4N3O3/c21-14-8-12(1-2-13(14)20(24,25)26)28-18(32)29-5-3-19(23,4-6-29)17-15(22)7-11(9-27-17)16(31)10-30/h1-2,7-9,16,30-31H,3-6,10H2,(H,28,32)/t16-/m1/s1. The van der Waals surface area contributed by atoms with Crippen LogP contribution in [0, 0.1) is 0 Å². The lowest BCUT2D eigenvalue weighted by molar-refractivity contribution is -0.137. The topological polar surface area (TPSA) is 85.7 Å². The Morgan fingerprint density at radius 1 is 1.22 bits per heavy atom. The molecule has 0 spiro atoms. The number of aliphatic hydroxyl groups is 2. The number of anilines is 1. The first-order valence-electron chi connectivity index (χ1n) is 9.51. The van der Waals surface area contributed by atoms with Crippen LogP contribution in [-0.2, 0) is 11.8 Å². The van der Waals surface area contributed by atoms with Gasteiger partial charge in [0.25, 0.3) is 0 Å². The number of benzene rings is 1. The fourth-order valence-corrected chi connectivity index (χ4v) is 4.03. The van der Waals surface area contributed by atoms with Crippen LogP contribution in [0.5, 0.6) is 0 Å². The number of urea groups is 1. The van der Waals surface area contributed by atoms with Gasteiger partial charge in [0.1, 0.15) is 6.10 Å².